The van der Waals surface area contributed by atoms with Crippen LogP contribution in [0.15, 0.2) is 12.1 Å². The summed E-state index contributed by atoms with van der Waals surface area (Å²) in [7, 11) is 0. The molecule has 1 fully saturated rings. The molecule has 0 aliphatic heterocycles. The third-order valence-electron chi connectivity index (χ3n) is 2.78. The molecule has 0 radical (unpaired) electrons. The zero-order valence-electron chi connectivity index (χ0n) is 9.33. The Kier molecular flexibility index (Phi) is 3.86. The van der Waals surface area contributed by atoms with E-state index in [-0.39, 0.29) is 11.6 Å². The van der Waals surface area contributed by atoms with Crippen molar-refractivity contribution in [3.05, 3.63) is 28.5 Å². The van der Waals surface area contributed by atoms with E-state index in [1.807, 2.05) is 0 Å². The van der Waals surface area contributed by atoms with Gasteiger partial charge >= 0.3 is 0 Å². The molecule has 1 aromatic rings. The first kappa shape index (κ1) is 12.6. The Morgan fingerprint density at radius 2 is 2.24 bits per heavy atom. The van der Waals surface area contributed by atoms with Gasteiger partial charge in [-0.25, -0.2) is 4.39 Å². The van der Waals surface area contributed by atoms with Crippen LogP contribution in [0.3, 0.4) is 0 Å². The van der Waals surface area contributed by atoms with Gasteiger partial charge in [0.15, 0.2) is 0 Å². The standard InChI is InChI=1S/C12H15ClFNO2/c13-10-4-8(14)3-9(11(16)5-15)12(10)17-6-7-1-2-7/h3-4,7,11,16H,1-2,5-6,15H2. The number of benzene rings is 1. The molecule has 2 rings (SSSR count). The van der Waals surface area contributed by atoms with E-state index in [1.165, 1.54) is 12.1 Å². The zero-order chi connectivity index (χ0) is 12.4. The predicted octanol–water partition coefficient (Wildman–Crippen LogP) is 2.26. The number of hydrogen-bond donors (Lipinski definition) is 2. The van der Waals surface area contributed by atoms with Crippen LogP contribution in [0.4, 0.5) is 4.39 Å². The van der Waals surface area contributed by atoms with Crippen molar-refractivity contribution in [2.24, 2.45) is 11.7 Å². The Bertz CT molecular complexity index is 410. The maximum atomic E-state index is 13.2. The molecule has 17 heavy (non-hydrogen) atoms. The number of halogens is 2. The average Bonchev–Trinajstić information content (AvgIpc) is 3.09. The smallest absolute Gasteiger partial charge is 0.143 e. The van der Waals surface area contributed by atoms with Gasteiger partial charge in [-0.3, -0.25) is 0 Å². The van der Waals surface area contributed by atoms with Crippen LogP contribution in [-0.2, 0) is 0 Å². The molecule has 0 aromatic heterocycles. The fourth-order valence-corrected chi connectivity index (χ4v) is 1.86. The van der Waals surface area contributed by atoms with Crippen molar-refractivity contribution in [3.63, 3.8) is 0 Å². The number of rotatable bonds is 5. The average molecular weight is 260 g/mol. The highest BCUT2D eigenvalue weighted by Crippen LogP contribution is 2.36. The van der Waals surface area contributed by atoms with Crippen LogP contribution >= 0.6 is 11.6 Å². The molecule has 1 atom stereocenters. The van der Waals surface area contributed by atoms with Crippen LogP contribution in [0.1, 0.15) is 24.5 Å². The molecular formula is C12H15ClFNO2. The summed E-state index contributed by atoms with van der Waals surface area (Å²) < 4.78 is 18.8. The van der Waals surface area contributed by atoms with Crippen molar-refractivity contribution < 1.29 is 14.2 Å². The molecule has 3 nitrogen and oxygen atoms in total. The van der Waals surface area contributed by atoms with Crippen molar-refractivity contribution in [3.8, 4) is 5.75 Å². The van der Waals surface area contributed by atoms with Gasteiger partial charge in [-0.15, -0.1) is 0 Å². The van der Waals surface area contributed by atoms with Gasteiger partial charge in [0.2, 0.25) is 0 Å². The Labute approximate surface area is 104 Å². The highest BCUT2D eigenvalue weighted by atomic mass is 35.5. The molecule has 94 valence electrons. The highest BCUT2D eigenvalue weighted by Gasteiger charge is 2.24. The van der Waals surface area contributed by atoms with Crippen LogP contribution in [0.2, 0.25) is 5.02 Å². The molecule has 1 aromatic carbocycles. The first-order valence-electron chi connectivity index (χ1n) is 5.61. The van der Waals surface area contributed by atoms with Crippen molar-refractivity contribution in [1.82, 2.24) is 0 Å². The molecule has 1 unspecified atom stereocenters. The second-order valence-electron chi connectivity index (χ2n) is 4.31. The van der Waals surface area contributed by atoms with E-state index < -0.39 is 11.9 Å². The van der Waals surface area contributed by atoms with Gasteiger partial charge in [-0.1, -0.05) is 11.6 Å². The molecule has 0 saturated heterocycles. The van der Waals surface area contributed by atoms with Crippen LogP contribution < -0.4 is 10.5 Å². The summed E-state index contributed by atoms with van der Waals surface area (Å²) in [5, 5.41) is 9.88. The molecule has 5 heteroatoms. The topological polar surface area (TPSA) is 55.5 Å². The monoisotopic (exact) mass is 259 g/mol. The first-order chi connectivity index (χ1) is 8.11. The Hall–Kier alpha value is -0.840. The molecule has 3 N–H and O–H groups in total. The van der Waals surface area contributed by atoms with Crippen LogP contribution in [0, 0.1) is 11.7 Å². The molecule has 0 heterocycles. The largest absolute Gasteiger partial charge is 0.491 e. The molecule has 0 amide bonds. The maximum absolute atomic E-state index is 13.2. The second-order valence-corrected chi connectivity index (χ2v) is 4.72. The highest BCUT2D eigenvalue weighted by molar-refractivity contribution is 6.32. The number of ether oxygens (including phenoxy) is 1. The Morgan fingerprint density at radius 1 is 1.53 bits per heavy atom. The molecule has 0 spiro atoms. The molecular weight excluding hydrogens is 245 g/mol. The summed E-state index contributed by atoms with van der Waals surface area (Å²) in [6.45, 7) is 0.551. The van der Waals surface area contributed by atoms with Gasteiger partial charge in [-0.05, 0) is 30.9 Å². The van der Waals surface area contributed by atoms with E-state index >= 15 is 0 Å². The van der Waals surface area contributed by atoms with E-state index in [2.05, 4.69) is 0 Å². The van der Waals surface area contributed by atoms with E-state index in [0.29, 0.717) is 23.8 Å². The van der Waals surface area contributed by atoms with E-state index in [0.717, 1.165) is 12.8 Å². The zero-order valence-corrected chi connectivity index (χ0v) is 10.1. The summed E-state index contributed by atoms with van der Waals surface area (Å²) in [5.41, 5.74) is 5.69. The lowest BCUT2D eigenvalue weighted by Gasteiger charge is -2.16. The van der Waals surface area contributed by atoms with Crippen LogP contribution in [0.25, 0.3) is 0 Å². The third kappa shape index (κ3) is 3.09. The quantitative estimate of drug-likeness (QED) is 0.853. The van der Waals surface area contributed by atoms with Gasteiger partial charge in [0.25, 0.3) is 0 Å². The minimum atomic E-state index is -0.961. The van der Waals surface area contributed by atoms with E-state index in [1.54, 1.807) is 0 Å². The fourth-order valence-electron chi connectivity index (χ4n) is 1.59. The predicted molar refractivity (Wildman–Crippen MR) is 63.6 cm³/mol. The fraction of sp³-hybridized carbons (Fsp3) is 0.500. The van der Waals surface area contributed by atoms with E-state index in [9.17, 15) is 9.50 Å². The lowest BCUT2D eigenvalue weighted by molar-refractivity contribution is 0.178. The maximum Gasteiger partial charge on any atom is 0.143 e. The first-order valence-corrected chi connectivity index (χ1v) is 5.99. The molecule has 1 aliphatic carbocycles. The number of nitrogens with two attached hydrogens (primary N) is 1. The van der Waals surface area contributed by atoms with Crippen molar-refractivity contribution in [2.45, 2.75) is 18.9 Å². The second kappa shape index (κ2) is 5.21. The number of aliphatic hydroxyl groups is 1. The van der Waals surface area contributed by atoms with Gasteiger partial charge in [0, 0.05) is 12.1 Å². The van der Waals surface area contributed by atoms with Crippen LogP contribution in [0.5, 0.6) is 5.75 Å². The normalized spacial score (nSPS) is 16.9. The Morgan fingerprint density at radius 3 is 2.82 bits per heavy atom. The summed E-state index contributed by atoms with van der Waals surface area (Å²) in [4.78, 5) is 0. The summed E-state index contributed by atoms with van der Waals surface area (Å²) in [6, 6.07) is 2.39. The minimum absolute atomic E-state index is 0.000426. The van der Waals surface area contributed by atoms with Gasteiger partial charge in [0.1, 0.15) is 11.6 Å². The minimum Gasteiger partial charge on any atom is -0.491 e. The lowest BCUT2D eigenvalue weighted by atomic mass is 10.1. The lowest BCUT2D eigenvalue weighted by Crippen LogP contribution is -2.14. The van der Waals surface area contributed by atoms with Gasteiger partial charge in [0.05, 0.1) is 17.7 Å². The van der Waals surface area contributed by atoms with E-state index in [4.69, 9.17) is 22.1 Å². The summed E-state index contributed by atoms with van der Waals surface area (Å²) >= 11 is 5.92. The van der Waals surface area contributed by atoms with Crippen molar-refractivity contribution in [1.29, 1.82) is 0 Å². The Balaban J connectivity index is 2.24. The van der Waals surface area contributed by atoms with Crippen molar-refractivity contribution >= 4 is 11.6 Å². The molecule has 0 bridgehead atoms. The van der Waals surface area contributed by atoms with Gasteiger partial charge in [-0.2, -0.15) is 0 Å². The third-order valence-corrected chi connectivity index (χ3v) is 3.06. The van der Waals surface area contributed by atoms with Crippen LogP contribution in [-0.4, -0.2) is 18.3 Å². The summed E-state index contributed by atoms with van der Waals surface area (Å²) in [5.74, 6) is 0.396. The molecule has 1 aliphatic rings. The molecule has 1 saturated carbocycles. The SMILES string of the molecule is NCC(O)c1cc(F)cc(Cl)c1OCC1CC1. The number of aliphatic hydroxyl groups excluding tert-OH is 1. The summed E-state index contributed by atoms with van der Waals surface area (Å²) in [6.07, 6.45) is 1.33. The van der Waals surface area contributed by atoms with Gasteiger partial charge < -0.3 is 15.6 Å². The number of hydrogen-bond acceptors (Lipinski definition) is 3. The van der Waals surface area contributed by atoms with Crippen molar-refractivity contribution in [2.75, 3.05) is 13.2 Å².